The lowest BCUT2D eigenvalue weighted by molar-refractivity contribution is 0.175. The lowest BCUT2D eigenvalue weighted by Gasteiger charge is -2.19. The molecule has 0 aliphatic heterocycles. The van der Waals surface area contributed by atoms with E-state index in [9.17, 15) is 0 Å². The molecule has 0 fully saturated rings. The van der Waals surface area contributed by atoms with Crippen molar-refractivity contribution in [3.63, 3.8) is 0 Å². The zero-order valence-corrected chi connectivity index (χ0v) is 12.3. The highest BCUT2D eigenvalue weighted by molar-refractivity contribution is 6.30. The minimum Gasteiger partial charge on any atom is -0.385 e. The van der Waals surface area contributed by atoms with Gasteiger partial charge in [-0.15, -0.1) is 0 Å². The largest absolute Gasteiger partial charge is 0.385 e. The third-order valence-corrected chi connectivity index (χ3v) is 3.23. The van der Waals surface area contributed by atoms with Crippen LogP contribution in [0.4, 0.5) is 0 Å². The van der Waals surface area contributed by atoms with Crippen LogP contribution in [0, 0.1) is 5.92 Å². The van der Waals surface area contributed by atoms with Gasteiger partial charge in [-0.2, -0.15) is 0 Å². The van der Waals surface area contributed by atoms with Gasteiger partial charge in [-0.05, 0) is 43.0 Å². The zero-order valence-electron chi connectivity index (χ0n) is 11.6. The van der Waals surface area contributed by atoms with Crippen molar-refractivity contribution in [2.24, 2.45) is 5.92 Å². The lowest BCUT2D eigenvalue weighted by atomic mass is 9.96. The third kappa shape index (κ3) is 6.39. The topological polar surface area (TPSA) is 21.3 Å². The molecule has 1 aromatic carbocycles. The average Bonchev–Trinajstić information content (AvgIpc) is 2.35. The fourth-order valence-corrected chi connectivity index (χ4v) is 2.04. The molecule has 0 aliphatic carbocycles. The van der Waals surface area contributed by atoms with Crippen molar-refractivity contribution in [1.29, 1.82) is 0 Å². The number of ether oxygens (including phenoxy) is 1. The van der Waals surface area contributed by atoms with E-state index in [4.69, 9.17) is 16.3 Å². The lowest BCUT2D eigenvalue weighted by Crippen LogP contribution is -2.30. The average molecular weight is 270 g/mol. The van der Waals surface area contributed by atoms with Gasteiger partial charge >= 0.3 is 0 Å². The molecule has 102 valence electrons. The highest BCUT2D eigenvalue weighted by Gasteiger charge is 2.10. The Labute approximate surface area is 116 Å². The van der Waals surface area contributed by atoms with Gasteiger partial charge in [0.1, 0.15) is 0 Å². The Bertz CT molecular complexity index is 324. The number of halogens is 1. The standard InChI is InChI=1S/C15H24ClNO/c1-12(2)17-11-14(8-9-18-3)10-13-4-6-15(16)7-5-13/h4-7,12,14,17H,8-11H2,1-3H3. The van der Waals surface area contributed by atoms with Crippen LogP contribution < -0.4 is 5.32 Å². The van der Waals surface area contributed by atoms with E-state index >= 15 is 0 Å². The van der Waals surface area contributed by atoms with Crippen molar-refractivity contribution in [3.8, 4) is 0 Å². The second-order valence-corrected chi connectivity index (χ2v) is 5.48. The first-order valence-corrected chi connectivity index (χ1v) is 6.96. The van der Waals surface area contributed by atoms with Gasteiger partial charge in [0.25, 0.3) is 0 Å². The number of benzene rings is 1. The summed E-state index contributed by atoms with van der Waals surface area (Å²) in [6.45, 7) is 6.20. The maximum Gasteiger partial charge on any atom is 0.0465 e. The van der Waals surface area contributed by atoms with Crippen LogP contribution in [-0.2, 0) is 11.2 Å². The fraction of sp³-hybridized carbons (Fsp3) is 0.600. The van der Waals surface area contributed by atoms with E-state index in [1.165, 1.54) is 5.56 Å². The molecule has 0 saturated heterocycles. The van der Waals surface area contributed by atoms with E-state index in [0.29, 0.717) is 12.0 Å². The summed E-state index contributed by atoms with van der Waals surface area (Å²) in [5.74, 6) is 0.605. The Morgan fingerprint density at radius 3 is 2.44 bits per heavy atom. The first kappa shape index (κ1) is 15.5. The van der Waals surface area contributed by atoms with Gasteiger partial charge in [0.2, 0.25) is 0 Å². The summed E-state index contributed by atoms with van der Waals surface area (Å²) in [5, 5.41) is 4.30. The normalized spacial score (nSPS) is 12.9. The van der Waals surface area contributed by atoms with Gasteiger partial charge in [0.15, 0.2) is 0 Å². The van der Waals surface area contributed by atoms with Crippen LogP contribution in [0.1, 0.15) is 25.8 Å². The van der Waals surface area contributed by atoms with Crippen molar-refractivity contribution in [3.05, 3.63) is 34.9 Å². The molecular weight excluding hydrogens is 246 g/mol. The van der Waals surface area contributed by atoms with Crippen LogP contribution >= 0.6 is 11.6 Å². The summed E-state index contributed by atoms with van der Waals surface area (Å²) in [6, 6.07) is 8.66. The molecule has 1 unspecified atom stereocenters. The molecule has 1 atom stereocenters. The van der Waals surface area contributed by atoms with Crippen LogP contribution in [0.25, 0.3) is 0 Å². The highest BCUT2D eigenvalue weighted by Crippen LogP contribution is 2.15. The molecule has 18 heavy (non-hydrogen) atoms. The Hall–Kier alpha value is -0.570. The maximum atomic E-state index is 5.90. The summed E-state index contributed by atoms with van der Waals surface area (Å²) in [7, 11) is 1.76. The molecule has 0 bridgehead atoms. The van der Waals surface area contributed by atoms with E-state index in [-0.39, 0.29) is 0 Å². The molecule has 0 spiro atoms. The number of nitrogens with one attached hydrogen (secondary N) is 1. The molecule has 0 saturated carbocycles. The van der Waals surface area contributed by atoms with Crippen LogP contribution in [0.2, 0.25) is 5.02 Å². The molecule has 0 radical (unpaired) electrons. The van der Waals surface area contributed by atoms with Gasteiger partial charge < -0.3 is 10.1 Å². The van der Waals surface area contributed by atoms with E-state index in [2.05, 4.69) is 31.3 Å². The minimum absolute atomic E-state index is 0.528. The van der Waals surface area contributed by atoms with Crippen molar-refractivity contribution >= 4 is 11.6 Å². The van der Waals surface area contributed by atoms with Crippen LogP contribution in [0.3, 0.4) is 0 Å². The monoisotopic (exact) mass is 269 g/mol. The first-order chi connectivity index (χ1) is 8.61. The Kier molecular flexibility index (Phi) is 7.33. The molecule has 0 aromatic heterocycles. The third-order valence-electron chi connectivity index (χ3n) is 2.98. The van der Waals surface area contributed by atoms with E-state index in [1.54, 1.807) is 7.11 Å². The smallest absolute Gasteiger partial charge is 0.0465 e. The molecule has 0 amide bonds. The first-order valence-electron chi connectivity index (χ1n) is 6.58. The van der Waals surface area contributed by atoms with Crippen molar-refractivity contribution in [1.82, 2.24) is 5.32 Å². The van der Waals surface area contributed by atoms with E-state index < -0.39 is 0 Å². The Balaban J connectivity index is 2.50. The molecular formula is C15H24ClNO. The van der Waals surface area contributed by atoms with Crippen LogP contribution in [-0.4, -0.2) is 26.3 Å². The van der Waals surface area contributed by atoms with Crippen LogP contribution in [0.15, 0.2) is 24.3 Å². The maximum absolute atomic E-state index is 5.90. The molecule has 1 aromatic rings. The molecule has 2 nitrogen and oxygen atoms in total. The SMILES string of the molecule is COCCC(CNC(C)C)Cc1ccc(Cl)cc1. The molecule has 3 heteroatoms. The Morgan fingerprint density at radius 2 is 1.89 bits per heavy atom. The van der Waals surface area contributed by atoms with Gasteiger partial charge in [-0.25, -0.2) is 0 Å². The van der Waals surface area contributed by atoms with E-state index in [0.717, 1.165) is 31.0 Å². The second-order valence-electron chi connectivity index (χ2n) is 5.04. The summed E-state index contributed by atoms with van der Waals surface area (Å²) in [5.41, 5.74) is 1.34. The molecule has 0 aliphatic rings. The number of hydrogen-bond donors (Lipinski definition) is 1. The molecule has 1 rings (SSSR count). The minimum atomic E-state index is 0.528. The summed E-state index contributed by atoms with van der Waals surface area (Å²) in [6.07, 6.45) is 2.15. The van der Waals surface area contributed by atoms with Crippen molar-refractivity contribution in [2.75, 3.05) is 20.3 Å². The summed E-state index contributed by atoms with van der Waals surface area (Å²) >= 11 is 5.90. The van der Waals surface area contributed by atoms with E-state index in [1.807, 2.05) is 12.1 Å². The summed E-state index contributed by atoms with van der Waals surface area (Å²) in [4.78, 5) is 0. The van der Waals surface area contributed by atoms with Gasteiger partial charge in [0.05, 0.1) is 0 Å². The van der Waals surface area contributed by atoms with Crippen LogP contribution in [0.5, 0.6) is 0 Å². The molecule has 0 heterocycles. The fourth-order valence-electron chi connectivity index (χ4n) is 1.92. The van der Waals surface area contributed by atoms with Gasteiger partial charge in [-0.1, -0.05) is 37.6 Å². The van der Waals surface area contributed by atoms with Gasteiger partial charge in [0, 0.05) is 24.8 Å². The number of methoxy groups -OCH3 is 1. The predicted molar refractivity (Wildman–Crippen MR) is 78.3 cm³/mol. The quantitative estimate of drug-likeness (QED) is 0.780. The Morgan fingerprint density at radius 1 is 1.22 bits per heavy atom. The zero-order chi connectivity index (χ0) is 13.4. The number of rotatable bonds is 8. The molecule has 1 N–H and O–H groups in total. The predicted octanol–water partition coefficient (Wildman–Crippen LogP) is 3.53. The summed E-state index contributed by atoms with van der Waals surface area (Å²) < 4.78 is 5.19. The second kappa shape index (κ2) is 8.52. The van der Waals surface area contributed by atoms with Crippen molar-refractivity contribution < 1.29 is 4.74 Å². The highest BCUT2D eigenvalue weighted by atomic mass is 35.5. The van der Waals surface area contributed by atoms with Gasteiger partial charge in [-0.3, -0.25) is 0 Å². The number of hydrogen-bond acceptors (Lipinski definition) is 2. The van der Waals surface area contributed by atoms with Crippen molar-refractivity contribution in [2.45, 2.75) is 32.7 Å².